The highest BCUT2D eigenvalue weighted by atomic mass is 35.5. The Bertz CT molecular complexity index is 959. The summed E-state index contributed by atoms with van der Waals surface area (Å²) in [4.78, 5) is 28.3. The number of halogens is 1. The number of amides is 2. The minimum Gasteiger partial charge on any atom is -0.325 e. The fraction of sp³-hybridized carbons (Fsp3) is 0.167. The number of thiazole rings is 1. The highest BCUT2D eigenvalue weighted by Gasteiger charge is 2.10. The molecule has 0 unspecified atom stereocenters. The molecule has 0 saturated carbocycles. The van der Waals surface area contributed by atoms with Gasteiger partial charge in [-0.05, 0) is 42.8 Å². The molecule has 1 aromatic heterocycles. The second-order valence-corrected chi connectivity index (χ2v) is 8.04. The first-order valence-corrected chi connectivity index (χ1v) is 10.1. The van der Waals surface area contributed by atoms with Crippen LogP contribution in [0.5, 0.6) is 0 Å². The summed E-state index contributed by atoms with van der Waals surface area (Å²) in [5.41, 5.74) is 2.63. The fourth-order valence-electron chi connectivity index (χ4n) is 2.26. The normalized spacial score (nSPS) is 10.7. The Morgan fingerprint density at radius 2 is 1.88 bits per heavy atom. The predicted octanol–water partition coefficient (Wildman–Crippen LogP) is 4.57. The van der Waals surface area contributed by atoms with Gasteiger partial charge in [0.25, 0.3) is 0 Å². The van der Waals surface area contributed by atoms with Gasteiger partial charge in [-0.1, -0.05) is 35.1 Å². The van der Waals surface area contributed by atoms with Gasteiger partial charge in [0.2, 0.25) is 11.8 Å². The molecule has 0 aliphatic heterocycles. The summed E-state index contributed by atoms with van der Waals surface area (Å²) in [5, 5.41) is 6.73. The molecule has 2 amide bonds. The number of hydrogen-bond acceptors (Lipinski definition) is 5. The zero-order chi connectivity index (χ0) is 18.5. The largest absolute Gasteiger partial charge is 0.325 e. The molecule has 0 aliphatic rings. The highest BCUT2D eigenvalue weighted by molar-refractivity contribution is 8.00. The van der Waals surface area contributed by atoms with Crippen LogP contribution in [0.15, 0.2) is 42.5 Å². The lowest BCUT2D eigenvalue weighted by Crippen LogP contribution is -2.18. The monoisotopic (exact) mass is 405 g/mol. The molecule has 0 radical (unpaired) electrons. The van der Waals surface area contributed by atoms with E-state index in [1.165, 1.54) is 23.1 Å². The van der Waals surface area contributed by atoms with Crippen molar-refractivity contribution < 1.29 is 9.59 Å². The maximum Gasteiger partial charge on any atom is 0.236 e. The van der Waals surface area contributed by atoms with Gasteiger partial charge in [-0.15, -0.1) is 11.8 Å². The van der Waals surface area contributed by atoms with Crippen LogP contribution in [0.25, 0.3) is 10.2 Å². The zero-order valence-electron chi connectivity index (χ0n) is 13.9. The second kappa shape index (κ2) is 8.53. The Labute approximate surface area is 164 Å². The first kappa shape index (κ1) is 18.7. The molecular weight excluding hydrogens is 390 g/mol. The lowest BCUT2D eigenvalue weighted by atomic mass is 10.2. The molecule has 3 aromatic rings. The van der Waals surface area contributed by atoms with Crippen LogP contribution in [-0.4, -0.2) is 28.3 Å². The van der Waals surface area contributed by atoms with Gasteiger partial charge in [0.1, 0.15) is 0 Å². The minimum atomic E-state index is -0.191. The van der Waals surface area contributed by atoms with Gasteiger partial charge in [-0.2, -0.15) is 0 Å². The number of nitrogens with zero attached hydrogens (tertiary/aromatic N) is 1. The standard InChI is InChI=1S/C18H16ClN3O2S2/c1-11-3-2-4-13(7-11)20-16(23)9-25-10-17(24)22-18-21-14-6-5-12(19)8-15(14)26-18/h2-8H,9-10H2,1H3,(H,20,23)(H,21,22,24). The smallest absolute Gasteiger partial charge is 0.236 e. The third kappa shape index (κ3) is 5.20. The molecule has 8 heteroatoms. The lowest BCUT2D eigenvalue weighted by Gasteiger charge is -2.06. The van der Waals surface area contributed by atoms with E-state index >= 15 is 0 Å². The number of rotatable bonds is 6. The first-order chi connectivity index (χ1) is 12.5. The van der Waals surface area contributed by atoms with Gasteiger partial charge >= 0.3 is 0 Å². The Morgan fingerprint density at radius 3 is 2.65 bits per heavy atom. The molecule has 2 aromatic carbocycles. The second-order valence-electron chi connectivity index (χ2n) is 5.59. The van der Waals surface area contributed by atoms with E-state index in [0.29, 0.717) is 10.2 Å². The summed E-state index contributed by atoms with van der Waals surface area (Å²) in [5.74, 6) is 0.0564. The number of carbonyl (C=O) groups is 2. The number of nitrogens with one attached hydrogen (secondary N) is 2. The highest BCUT2D eigenvalue weighted by Crippen LogP contribution is 2.28. The van der Waals surface area contributed by atoms with Crippen LogP contribution in [0.4, 0.5) is 10.8 Å². The van der Waals surface area contributed by atoms with Gasteiger partial charge in [0, 0.05) is 10.7 Å². The molecule has 26 heavy (non-hydrogen) atoms. The molecule has 2 N–H and O–H groups in total. The van der Waals surface area contributed by atoms with Crippen molar-refractivity contribution in [1.29, 1.82) is 0 Å². The van der Waals surface area contributed by atoms with Crippen LogP contribution in [0, 0.1) is 6.92 Å². The van der Waals surface area contributed by atoms with Gasteiger partial charge in [-0.25, -0.2) is 4.98 Å². The molecule has 0 bridgehead atoms. The van der Waals surface area contributed by atoms with Crippen molar-refractivity contribution in [2.45, 2.75) is 6.92 Å². The summed E-state index contributed by atoms with van der Waals surface area (Å²) in [7, 11) is 0. The molecule has 134 valence electrons. The van der Waals surface area contributed by atoms with Gasteiger partial charge in [0.05, 0.1) is 21.7 Å². The third-order valence-electron chi connectivity index (χ3n) is 3.36. The summed E-state index contributed by atoms with van der Waals surface area (Å²) >= 11 is 8.57. The van der Waals surface area contributed by atoms with E-state index in [1.54, 1.807) is 6.07 Å². The average molecular weight is 406 g/mol. The van der Waals surface area contributed by atoms with Crippen molar-refractivity contribution >= 4 is 67.5 Å². The van der Waals surface area contributed by atoms with E-state index in [0.717, 1.165) is 21.5 Å². The maximum absolute atomic E-state index is 12.0. The quantitative estimate of drug-likeness (QED) is 0.630. The Morgan fingerprint density at radius 1 is 1.12 bits per heavy atom. The van der Waals surface area contributed by atoms with Crippen LogP contribution in [0.1, 0.15) is 5.56 Å². The number of thioether (sulfide) groups is 1. The molecule has 0 aliphatic carbocycles. The van der Waals surface area contributed by atoms with E-state index in [-0.39, 0.29) is 23.3 Å². The molecular formula is C18H16ClN3O2S2. The third-order valence-corrected chi connectivity index (χ3v) is 5.47. The number of carbonyl (C=O) groups excluding carboxylic acids is 2. The van der Waals surface area contributed by atoms with Crippen molar-refractivity contribution in [3.63, 3.8) is 0 Å². The van der Waals surface area contributed by atoms with Crippen molar-refractivity contribution in [3.8, 4) is 0 Å². The van der Waals surface area contributed by atoms with Gasteiger partial charge in [-0.3, -0.25) is 9.59 Å². The SMILES string of the molecule is Cc1cccc(NC(=O)CSCC(=O)Nc2nc3ccc(Cl)cc3s2)c1. The summed E-state index contributed by atoms with van der Waals surface area (Å²) in [6.45, 7) is 1.96. The van der Waals surface area contributed by atoms with Crippen LogP contribution < -0.4 is 10.6 Å². The van der Waals surface area contributed by atoms with E-state index in [4.69, 9.17) is 11.6 Å². The van der Waals surface area contributed by atoms with Crippen molar-refractivity contribution in [1.82, 2.24) is 4.98 Å². The number of aromatic nitrogens is 1. The number of benzene rings is 2. The molecule has 0 atom stereocenters. The summed E-state index contributed by atoms with van der Waals surface area (Å²) in [6.07, 6.45) is 0. The summed E-state index contributed by atoms with van der Waals surface area (Å²) in [6, 6.07) is 13.0. The van der Waals surface area contributed by atoms with Crippen molar-refractivity contribution in [3.05, 3.63) is 53.1 Å². The molecule has 0 spiro atoms. The number of aryl methyl sites for hydroxylation is 1. The zero-order valence-corrected chi connectivity index (χ0v) is 16.3. The molecule has 5 nitrogen and oxygen atoms in total. The summed E-state index contributed by atoms with van der Waals surface area (Å²) < 4.78 is 0.915. The molecule has 3 rings (SSSR count). The molecule has 0 fully saturated rings. The van der Waals surface area contributed by atoms with Crippen LogP contribution >= 0.6 is 34.7 Å². The first-order valence-electron chi connectivity index (χ1n) is 7.80. The molecule has 1 heterocycles. The van der Waals surface area contributed by atoms with Crippen LogP contribution in [0.2, 0.25) is 5.02 Å². The van der Waals surface area contributed by atoms with Gasteiger partial charge < -0.3 is 10.6 Å². The van der Waals surface area contributed by atoms with Crippen molar-refractivity contribution in [2.24, 2.45) is 0 Å². The van der Waals surface area contributed by atoms with E-state index < -0.39 is 0 Å². The number of anilines is 2. The minimum absolute atomic E-state index is 0.136. The lowest BCUT2D eigenvalue weighted by molar-refractivity contribution is -0.114. The van der Waals surface area contributed by atoms with E-state index in [1.807, 2.05) is 43.3 Å². The Hall–Kier alpha value is -2.09. The number of fused-ring (bicyclic) bond motifs is 1. The Kier molecular flexibility index (Phi) is 6.13. The van der Waals surface area contributed by atoms with E-state index in [2.05, 4.69) is 15.6 Å². The van der Waals surface area contributed by atoms with E-state index in [9.17, 15) is 9.59 Å². The topological polar surface area (TPSA) is 71.1 Å². The van der Waals surface area contributed by atoms with Crippen LogP contribution in [0.3, 0.4) is 0 Å². The average Bonchev–Trinajstić information content (AvgIpc) is 2.96. The van der Waals surface area contributed by atoms with Crippen LogP contribution in [-0.2, 0) is 9.59 Å². The molecule has 0 saturated heterocycles. The van der Waals surface area contributed by atoms with Gasteiger partial charge in [0.15, 0.2) is 5.13 Å². The number of hydrogen-bond donors (Lipinski definition) is 2. The predicted molar refractivity (Wildman–Crippen MR) is 110 cm³/mol. The Balaban J connectivity index is 1.45. The van der Waals surface area contributed by atoms with Crippen molar-refractivity contribution in [2.75, 3.05) is 22.1 Å². The fourth-order valence-corrected chi connectivity index (χ4v) is 4.04. The maximum atomic E-state index is 12.0.